The first-order valence-electron chi connectivity index (χ1n) is 15.2. The third-order valence-electron chi connectivity index (χ3n) is 7.39. The van der Waals surface area contributed by atoms with E-state index in [1.807, 2.05) is 55.5 Å². The van der Waals surface area contributed by atoms with E-state index >= 15 is 0 Å². The van der Waals surface area contributed by atoms with Gasteiger partial charge in [-0.05, 0) is 78.7 Å². The van der Waals surface area contributed by atoms with Gasteiger partial charge in [-0.15, -0.1) is 11.8 Å². The smallest absolute Gasteiger partial charge is 0.272 e. The molecule has 0 aromatic heterocycles. The first-order chi connectivity index (χ1) is 23.7. The van der Waals surface area contributed by atoms with Crippen molar-refractivity contribution in [2.75, 3.05) is 24.9 Å². The number of rotatable bonds is 12. The fourth-order valence-electron chi connectivity index (χ4n) is 4.80. The van der Waals surface area contributed by atoms with E-state index in [0.29, 0.717) is 39.0 Å². The van der Waals surface area contributed by atoms with Crippen LogP contribution in [-0.2, 0) is 9.59 Å². The zero-order chi connectivity index (χ0) is 34.8. The SMILES string of the molecule is COc1ccc(/C=C(/NC(=O)c2ccccc2)C(=O)Nc2cccc(SC(C(=O)Nc3ccc(C)c(Cl)c3)c3ccccc3)c2)c(OC)c1. The quantitative estimate of drug-likeness (QED) is 0.0895. The van der Waals surface area contributed by atoms with Crippen molar-refractivity contribution in [3.63, 3.8) is 0 Å². The number of hydrogen-bond acceptors (Lipinski definition) is 6. The monoisotopic (exact) mass is 691 g/mol. The Balaban J connectivity index is 1.41. The van der Waals surface area contributed by atoms with Crippen molar-refractivity contribution in [1.29, 1.82) is 0 Å². The molecule has 0 saturated carbocycles. The van der Waals surface area contributed by atoms with Crippen LogP contribution in [0.2, 0.25) is 5.02 Å². The molecule has 248 valence electrons. The van der Waals surface area contributed by atoms with Crippen molar-refractivity contribution < 1.29 is 23.9 Å². The van der Waals surface area contributed by atoms with Crippen LogP contribution < -0.4 is 25.4 Å². The van der Waals surface area contributed by atoms with Crippen molar-refractivity contribution in [2.24, 2.45) is 0 Å². The molecule has 0 aliphatic carbocycles. The number of ether oxygens (including phenoxy) is 2. The van der Waals surface area contributed by atoms with E-state index in [0.717, 1.165) is 16.0 Å². The van der Waals surface area contributed by atoms with E-state index in [9.17, 15) is 14.4 Å². The zero-order valence-corrected chi connectivity index (χ0v) is 28.6. The number of anilines is 2. The van der Waals surface area contributed by atoms with E-state index < -0.39 is 17.1 Å². The fraction of sp³-hybridized carbons (Fsp3) is 0.103. The van der Waals surface area contributed by atoms with Gasteiger partial charge in [-0.1, -0.05) is 72.3 Å². The summed E-state index contributed by atoms with van der Waals surface area (Å²) in [5.41, 5.74) is 3.71. The number of thioether (sulfide) groups is 1. The zero-order valence-electron chi connectivity index (χ0n) is 27.0. The highest BCUT2D eigenvalue weighted by atomic mass is 35.5. The predicted molar refractivity (Wildman–Crippen MR) is 196 cm³/mol. The number of methoxy groups -OCH3 is 2. The lowest BCUT2D eigenvalue weighted by atomic mass is 10.1. The molecule has 0 bridgehead atoms. The summed E-state index contributed by atoms with van der Waals surface area (Å²) in [6.07, 6.45) is 1.54. The molecule has 0 saturated heterocycles. The van der Waals surface area contributed by atoms with Crippen LogP contribution in [0, 0.1) is 6.92 Å². The topological polar surface area (TPSA) is 106 Å². The molecule has 0 fully saturated rings. The van der Waals surface area contributed by atoms with Crippen LogP contribution in [0.1, 0.15) is 32.3 Å². The van der Waals surface area contributed by atoms with E-state index in [-0.39, 0.29) is 11.6 Å². The van der Waals surface area contributed by atoms with E-state index in [4.69, 9.17) is 21.1 Å². The van der Waals surface area contributed by atoms with Gasteiger partial charge in [0.2, 0.25) is 5.91 Å². The van der Waals surface area contributed by atoms with Gasteiger partial charge >= 0.3 is 0 Å². The fourth-order valence-corrected chi connectivity index (χ4v) is 6.06. The standard InChI is InChI=1S/C39H34ClN3O5S/c1-25-17-19-30(23-33(25)40)42-39(46)36(26-11-6-4-7-12-26)49-32-16-10-15-29(22-32)41-38(45)34(43-37(44)27-13-8-5-9-14-27)21-28-18-20-31(47-2)24-35(28)48-3/h4-24,36H,1-3H3,(H,41,45)(H,42,46)(H,43,44)/b34-21+. The molecule has 3 amide bonds. The summed E-state index contributed by atoms with van der Waals surface area (Å²) in [7, 11) is 3.06. The molecule has 3 N–H and O–H groups in total. The first kappa shape index (κ1) is 34.8. The van der Waals surface area contributed by atoms with E-state index in [2.05, 4.69) is 16.0 Å². The Kier molecular flexibility index (Phi) is 11.8. The summed E-state index contributed by atoms with van der Waals surface area (Å²) in [6, 6.07) is 35.7. The molecular formula is C39H34ClN3O5S. The Hall–Kier alpha value is -5.51. The molecule has 0 heterocycles. The Morgan fingerprint density at radius 1 is 0.755 bits per heavy atom. The maximum Gasteiger partial charge on any atom is 0.272 e. The van der Waals surface area contributed by atoms with Gasteiger partial charge in [-0.3, -0.25) is 14.4 Å². The summed E-state index contributed by atoms with van der Waals surface area (Å²) < 4.78 is 10.8. The number of halogens is 1. The van der Waals surface area contributed by atoms with Gasteiger partial charge in [0.15, 0.2) is 0 Å². The summed E-state index contributed by atoms with van der Waals surface area (Å²) >= 11 is 7.64. The van der Waals surface area contributed by atoms with Crippen LogP contribution in [0.5, 0.6) is 11.5 Å². The third-order valence-corrected chi connectivity index (χ3v) is 9.05. The Morgan fingerprint density at radius 3 is 2.16 bits per heavy atom. The second-order valence-corrected chi connectivity index (χ2v) is 12.4. The molecule has 0 aliphatic heterocycles. The van der Waals surface area contributed by atoms with Crippen molar-refractivity contribution in [3.8, 4) is 11.5 Å². The Morgan fingerprint density at radius 2 is 1.47 bits per heavy atom. The lowest BCUT2D eigenvalue weighted by molar-refractivity contribution is -0.116. The molecule has 1 atom stereocenters. The minimum absolute atomic E-state index is 0.00586. The van der Waals surface area contributed by atoms with Gasteiger partial charge in [0.1, 0.15) is 22.4 Å². The van der Waals surface area contributed by atoms with Gasteiger partial charge in [0.05, 0.1) is 14.2 Å². The Bertz CT molecular complexity index is 1990. The maximum atomic E-state index is 13.8. The highest BCUT2D eigenvalue weighted by Gasteiger charge is 2.23. The molecule has 5 aromatic carbocycles. The predicted octanol–water partition coefficient (Wildman–Crippen LogP) is 8.55. The van der Waals surface area contributed by atoms with Crippen molar-refractivity contribution in [3.05, 3.63) is 154 Å². The maximum absolute atomic E-state index is 13.8. The van der Waals surface area contributed by atoms with Gasteiger partial charge < -0.3 is 25.4 Å². The molecule has 5 rings (SSSR count). The second-order valence-electron chi connectivity index (χ2n) is 10.8. The number of carbonyl (C=O) groups excluding carboxylic acids is 3. The molecule has 1 unspecified atom stereocenters. The minimum atomic E-state index is -0.615. The molecule has 8 nitrogen and oxygen atoms in total. The average Bonchev–Trinajstić information content (AvgIpc) is 3.12. The lowest BCUT2D eigenvalue weighted by Gasteiger charge is -2.18. The molecule has 0 aliphatic rings. The van der Waals surface area contributed by atoms with Crippen LogP contribution in [0.25, 0.3) is 6.08 Å². The molecule has 0 radical (unpaired) electrons. The van der Waals surface area contributed by atoms with Crippen molar-refractivity contribution in [1.82, 2.24) is 5.32 Å². The van der Waals surface area contributed by atoms with Crippen LogP contribution >= 0.6 is 23.4 Å². The number of amides is 3. The summed E-state index contributed by atoms with van der Waals surface area (Å²) in [4.78, 5) is 41.3. The van der Waals surface area contributed by atoms with Crippen molar-refractivity contribution in [2.45, 2.75) is 17.1 Å². The van der Waals surface area contributed by atoms with Gasteiger partial charge in [-0.25, -0.2) is 0 Å². The molecule has 10 heteroatoms. The normalized spacial score (nSPS) is 11.6. The number of aryl methyl sites for hydroxylation is 1. The first-order valence-corrected chi connectivity index (χ1v) is 16.5. The number of carbonyl (C=O) groups is 3. The highest BCUT2D eigenvalue weighted by molar-refractivity contribution is 8.00. The lowest BCUT2D eigenvalue weighted by Crippen LogP contribution is -2.30. The summed E-state index contributed by atoms with van der Waals surface area (Å²) in [5.74, 6) is -0.209. The van der Waals surface area contributed by atoms with Crippen LogP contribution in [0.4, 0.5) is 11.4 Å². The molecule has 5 aromatic rings. The molecular weight excluding hydrogens is 658 g/mol. The minimum Gasteiger partial charge on any atom is -0.497 e. The van der Waals surface area contributed by atoms with Gasteiger partial charge in [0.25, 0.3) is 11.8 Å². The van der Waals surface area contributed by atoms with E-state index in [1.165, 1.54) is 18.9 Å². The molecule has 49 heavy (non-hydrogen) atoms. The largest absolute Gasteiger partial charge is 0.497 e. The summed E-state index contributed by atoms with van der Waals surface area (Å²) in [6.45, 7) is 1.90. The molecule has 0 spiro atoms. The van der Waals surface area contributed by atoms with Gasteiger partial charge in [0, 0.05) is 38.5 Å². The van der Waals surface area contributed by atoms with Crippen LogP contribution in [0.3, 0.4) is 0 Å². The van der Waals surface area contributed by atoms with E-state index in [1.54, 1.807) is 86.0 Å². The van der Waals surface area contributed by atoms with Gasteiger partial charge in [-0.2, -0.15) is 0 Å². The Labute approximate surface area is 294 Å². The number of benzene rings is 5. The summed E-state index contributed by atoms with van der Waals surface area (Å²) in [5, 5.41) is 8.57. The average molecular weight is 692 g/mol. The number of nitrogens with one attached hydrogen (secondary N) is 3. The second kappa shape index (κ2) is 16.5. The van der Waals surface area contributed by atoms with Crippen LogP contribution in [0.15, 0.2) is 132 Å². The van der Waals surface area contributed by atoms with Crippen molar-refractivity contribution >= 4 is 58.5 Å². The van der Waals surface area contributed by atoms with Crippen LogP contribution in [-0.4, -0.2) is 31.9 Å². The third kappa shape index (κ3) is 9.31. The highest BCUT2D eigenvalue weighted by Crippen LogP contribution is 2.37. The number of hydrogen-bond donors (Lipinski definition) is 3.